The molecule has 0 heterocycles. The van der Waals surface area contributed by atoms with E-state index in [0.29, 0.717) is 0 Å². The highest BCUT2D eigenvalue weighted by Crippen LogP contribution is 2.11. The van der Waals surface area contributed by atoms with Gasteiger partial charge in [0, 0.05) is 5.33 Å². The van der Waals surface area contributed by atoms with Gasteiger partial charge in [0.05, 0.1) is 0 Å². The summed E-state index contributed by atoms with van der Waals surface area (Å²) in [6.45, 7) is 13.9. The average molecular weight is 312 g/mol. The monoisotopic (exact) mass is 311 g/mol. The second-order valence-electron chi connectivity index (χ2n) is 3.96. The number of hydrogen-bond donors (Lipinski definition) is 0. The first-order valence-corrected chi connectivity index (χ1v) is 7.84. The minimum Gasteiger partial charge on any atom is -0.304 e. The number of halogens is 1. The molecule has 0 bridgehead atoms. The van der Waals surface area contributed by atoms with Crippen molar-refractivity contribution in [2.75, 3.05) is 25.0 Å². The summed E-state index contributed by atoms with van der Waals surface area (Å²) in [6, 6.07) is 8.32. The van der Waals surface area contributed by atoms with Crippen molar-refractivity contribution in [3.8, 4) is 0 Å². The van der Waals surface area contributed by atoms with Crippen LogP contribution in [0, 0.1) is 0 Å². The molecule has 0 radical (unpaired) electrons. The molecule has 0 atom stereocenters. The molecule has 0 aromatic heterocycles. The molecule has 1 aromatic carbocycles. The topological polar surface area (TPSA) is 3.24 Å². The van der Waals surface area contributed by atoms with Crippen molar-refractivity contribution in [2.45, 2.75) is 27.2 Å². The molecule has 1 nitrogen and oxygen atoms in total. The Bertz CT molecular complexity index is 313. The summed E-state index contributed by atoms with van der Waals surface area (Å²) in [4.78, 5) is 2.38. The molecule has 0 N–H and O–H groups in total. The van der Waals surface area contributed by atoms with Crippen LogP contribution in [-0.2, 0) is 6.42 Å². The maximum Gasteiger partial charge on any atom is 0.00720 e. The van der Waals surface area contributed by atoms with Crippen molar-refractivity contribution >= 4 is 22.0 Å². The van der Waals surface area contributed by atoms with Crippen LogP contribution in [0.2, 0.25) is 0 Å². The average Bonchev–Trinajstić information content (AvgIpc) is 2.42. The lowest BCUT2D eigenvalue weighted by Gasteiger charge is -2.13. The molecule has 18 heavy (non-hydrogen) atoms. The summed E-state index contributed by atoms with van der Waals surface area (Å²) < 4.78 is 0. The summed E-state index contributed by atoms with van der Waals surface area (Å²) in [6.07, 6.45) is 2.97. The van der Waals surface area contributed by atoms with Crippen LogP contribution < -0.4 is 0 Å². The quantitative estimate of drug-likeness (QED) is 0.693. The number of nitrogens with zero attached hydrogens (tertiary/aromatic N) is 1. The van der Waals surface area contributed by atoms with E-state index in [-0.39, 0.29) is 0 Å². The van der Waals surface area contributed by atoms with E-state index in [1.165, 1.54) is 30.8 Å². The zero-order valence-corrected chi connectivity index (χ0v) is 13.5. The molecule has 2 heteroatoms. The fourth-order valence-electron chi connectivity index (χ4n) is 1.73. The van der Waals surface area contributed by atoms with Gasteiger partial charge in [-0.2, -0.15) is 0 Å². The highest BCUT2D eigenvalue weighted by atomic mass is 79.9. The molecule has 0 saturated carbocycles. The maximum absolute atomic E-state index is 3.76. The fraction of sp³-hybridized carbons (Fsp3) is 0.500. The number of alkyl halides is 1. The molecule has 0 saturated heterocycles. The van der Waals surface area contributed by atoms with Crippen LogP contribution in [0.3, 0.4) is 0 Å². The van der Waals surface area contributed by atoms with E-state index >= 15 is 0 Å². The minimum atomic E-state index is 1.01. The highest BCUT2D eigenvalue weighted by molar-refractivity contribution is 9.09. The van der Waals surface area contributed by atoms with E-state index in [2.05, 4.69) is 66.4 Å². The lowest BCUT2D eigenvalue weighted by atomic mass is 10.1. The SMILES string of the molecule is C=Cc1ccccc1CCBr.CCN(CC)CC. The van der Waals surface area contributed by atoms with Gasteiger partial charge in [-0.25, -0.2) is 0 Å². The van der Waals surface area contributed by atoms with Gasteiger partial charge in [-0.15, -0.1) is 0 Å². The number of rotatable bonds is 6. The highest BCUT2D eigenvalue weighted by Gasteiger charge is 1.95. The van der Waals surface area contributed by atoms with Crippen molar-refractivity contribution in [3.05, 3.63) is 42.0 Å². The maximum atomic E-state index is 3.76. The van der Waals surface area contributed by atoms with Crippen LogP contribution in [0.15, 0.2) is 30.8 Å². The third kappa shape index (κ3) is 6.97. The smallest absolute Gasteiger partial charge is 0.00720 e. The summed E-state index contributed by atoms with van der Waals surface area (Å²) in [7, 11) is 0. The van der Waals surface area contributed by atoms with Crippen LogP contribution >= 0.6 is 15.9 Å². The first-order chi connectivity index (χ1) is 8.73. The van der Waals surface area contributed by atoms with Crippen LogP contribution in [0.5, 0.6) is 0 Å². The fourth-order valence-corrected chi connectivity index (χ4v) is 2.16. The summed E-state index contributed by atoms with van der Waals surface area (Å²) in [5.74, 6) is 0. The van der Waals surface area contributed by atoms with Gasteiger partial charge < -0.3 is 4.90 Å². The molecule has 0 aliphatic rings. The molecular formula is C16H26BrN. The minimum absolute atomic E-state index is 1.01. The molecular weight excluding hydrogens is 286 g/mol. The lowest BCUT2D eigenvalue weighted by Crippen LogP contribution is -2.21. The zero-order valence-electron chi connectivity index (χ0n) is 12.0. The van der Waals surface area contributed by atoms with E-state index < -0.39 is 0 Å². The van der Waals surface area contributed by atoms with E-state index in [0.717, 1.165) is 11.8 Å². The second kappa shape index (κ2) is 11.5. The van der Waals surface area contributed by atoms with Crippen molar-refractivity contribution in [1.29, 1.82) is 0 Å². The molecule has 0 spiro atoms. The molecule has 0 amide bonds. The van der Waals surface area contributed by atoms with Gasteiger partial charge in [-0.3, -0.25) is 0 Å². The third-order valence-electron chi connectivity index (χ3n) is 2.98. The van der Waals surface area contributed by atoms with Gasteiger partial charge in [0.2, 0.25) is 0 Å². The van der Waals surface area contributed by atoms with Gasteiger partial charge in [0.25, 0.3) is 0 Å². The van der Waals surface area contributed by atoms with Gasteiger partial charge in [0.1, 0.15) is 0 Å². The van der Waals surface area contributed by atoms with Crippen molar-refractivity contribution in [1.82, 2.24) is 4.90 Å². The summed E-state index contributed by atoms with van der Waals surface area (Å²) >= 11 is 3.42. The van der Waals surface area contributed by atoms with E-state index in [1.807, 2.05) is 12.1 Å². The Kier molecular flexibility index (Phi) is 11.1. The molecule has 0 fully saturated rings. The molecule has 0 unspecified atom stereocenters. The van der Waals surface area contributed by atoms with Gasteiger partial charge in [-0.1, -0.05) is 73.6 Å². The molecule has 1 rings (SSSR count). The number of aryl methyl sites for hydroxylation is 1. The standard InChI is InChI=1S/C10H11Br.C6H15N/c1-2-9-5-3-4-6-10(9)7-8-11;1-4-7(5-2)6-3/h2-6H,1,7-8H2;4-6H2,1-3H3. The van der Waals surface area contributed by atoms with E-state index in [4.69, 9.17) is 0 Å². The number of benzene rings is 1. The third-order valence-corrected chi connectivity index (χ3v) is 3.38. The zero-order chi connectivity index (χ0) is 13.8. The first kappa shape index (κ1) is 17.4. The molecule has 0 aliphatic carbocycles. The van der Waals surface area contributed by atoms with Crippen molar-refractivity contribution < 1.29 is 0 Å². The molecule has 102 valence electrons. The summed E-state index contributed by atoms with van der Waals surface area (Å²) in [5, 5.41) is 1.01. The molecule has 1 aromatic rings. The Labute approximate surface area is 121 Å². The van der Waals surface area contributed by atoms with Crippen LogP contribution in [0.25, 0.3) is 6.08 Å². The second-order valence-corrected chi connectivity index (χ2v) is 4.75. The van der Waals surface area contributed by atoms with Gasteiger partial charge in [0.15, 0.2) is 0 Å². The van der Waals surface area contributed by atoms with Crippen molar-refractivity contribution in [3.63, 3.8) is 0 Å². The predicted molar refractivity (Wildman–Crippen MR) is 87.5 cm³/mol. The summed E-state index contributed by atoms with van der Waals surface area (Å²) in [5.41, 5.74) is 2.60. The lowest BCUT2D eigenvalue weighted by molar-refractivity contribution is 0.321. The largest absolute Gasteiger partial charge is 0.304 e. The van der Waals surface area contributed by atoms with Gasteiger partial charge >= 0.3 is 0 Å². The molecule has 0 aliphatic heterocycles. The number of hydrogen-bond acceptors (Lipinski definition) is 1. The van der Waals surface area contributed by atoms with E-state index in [1.54, 1.807) is 0 Å². The van der Waals surface area contributed by atoms with Crippen LogP contribution in [0.1, 0.15) is 31.9 Å². The Morgan fingerprint density at radius 3 is 2.06 bits per heavy atom. The van der Waals surface area contributed by atoms with Crippen molar-refractivity contribution in [2.24, 2.45) is 0 Å². The Morgan fingerprint density at radius 2 is 1.67 bits per heavy atom. The Balaban J connectivity index is 0.000000360. The Hall–Kier alpha value is -0.600. The van der Waals surface area contributed by atoms with Crippen LogP contribution in [-0.4, -0.2) is 29.9 Å². The van der Waals surface area contributed by atoms with E-state index in [9.17, 15) is 0 Å². The predicted octanol–water partition coefficient (Wildman–Crippen LogP) is 4.62. The van der Waals surface area contributed by atoms with Crippen LogP contribution in [0.4, 0.5) is 0 Å². The van der Waals surface area contributed by atoms with Gasteiger partial charge in [-0.05, 0) is 37.2 Å². The Morgan fingerprint density at radius 1 is 1.11 bits per heavy atom. The first-order valence-electron chi connectivity index (χ1n) is 6.72. The normalized spacial score (nSPS) is 9.83.